The van der Waals surface area contributed by atoms with Crippen molar-refractivity contribution < 1.29 is 0 Å². The Labute approximate surface area is 131 Å². The maximum atomic E-state index is 12.3. The first kappa shape index (κ1) is 15.4. The number of hydrogen-bond donors (Lipinski definition) is 2. The van der Waals surface area contributed by atoms with Crippen molar-refractivity contribution in [1.82, 2.24) is 15.3 Å². The van der Waals surface area contributed by atoms with Crippen LogP contribution in [0, 0.1) is 18.8 Å². The lowest BCUT2D eigenvalue weighted by Gasteiger charge is -2.14. The topological polar surface area (TPSA) is 70.1 Å². The van der Waals surface area contributed by atoms with E-state index >= 15 is 0 Å². The molecule has 3 rings (SSSR count). The van der Waals surface area contributed by atoms with Crippen LogP contribution in [0.4, 0.5) is 0 Å². The molecule has 0 radical (unpaired) electrons. The van der Waals surface area contributed by atoms with Gasteiger partial charge >= 0.3 is 0 Å². The average molecular weight is 302 g/mol. The van der Waals surface area contributed by atoms with E-state index in [9.17, 15) is 4.79 Å². The van der Waals surface area contributed by atoms with Crippen LogP contribution in [0.25, 0.3) is 0 Å². The van der Waals surface area contributed by atoms with Gasteiger partial charge in [-0.05, 0) is 38.1 Å². The molecule has 2 aliphatic rings. The molecule has 2 fully saturated rings. The molecule has 22 heavy (non-hydrogen) atoms. The van der Waals surface area contributed by atoms with Gasteiger partial charge in [0, 0.05) is 25.2 Å². The van der Waals surface area contributed by atoms with Gasteiger partial charge in [0.1, 0.15) is 5.82 Å². The minimum absolute atomic E-state index is 0.0585. The molecule has 2 N–H and O–H groups in total. The molecule has 1 aromatic rings. The number of nitrogens with zero attached hydrogens (tertiary/aromatic N) is 2. The average Bonchev–Trinajstić information content (AvgIpc) is 3.13. The maximum Gasteiger partial charge on any atom is 0.259 e. The predicted octanol–water partition coefficient (Wildman–Crippen LogP) is 2.01. The number of aromatic nitrogens is 2. The molecule has 1 saturated carbocycles. The maximum absolute atomic E-state index is 12.3. The zero-order valence-electron chi connectivity index (χ0n) is 13.6. The van der Waals surface area contributed by atoms with Crippen molar-refractivity contribution in [2.24, 2.45) is 16.8 Å². The van der Waals surface area contributed by atoms with Crippen LogP contribution in [0.15, 0.2) is 9.79 Å². The van der Waals surface area contributed by atoms with Gasteiger partial charge in [0.2, 0.25) is 0 Å². The summed E-state index contributed by atoms with van der Waals surface area (Å²) in [4.78, 5) is 24.4. The second-order valence-corrected chi connectivity index (χ2v) is 6.84. The van der Waals surface area contributed by atoms with Crippen molar-refractivity contribution in [2.45, 2.75) is 45.4 Å². The van der Waals surface area contributed by atoms with Gasteiger partial charge in [0.15, 0.2) is 0 Å². The van der Waals surface area contributed by atoms with Gasteiger partial charge in [0.25, 0.3) is 5.56 Å². The van der Waals surface area contributed by atoms with E-state index in [1.165, 1.54) is 25.7 Å². The molecule has 1 saturated heterocycles. The third-order valence-corrected chi connectivity index (χ3v) is 5.09. The van der Waals surface area contributed by atoms with Crippen molar-refractivity contribution in [3.8, 4) is 0 Å². The molecule has 0 bridgehead atoms. The lowest BCUT2D eigenvalue weighted by molar-refractivity contribution is 0.542. The van der Waals surface area contributed by atoms with Crippen LogP contribution in [0.1, 0.15) is 55.6 Å². The highest BCUT2D eigenvalue weighted by Crippen LogP contribution is 2.25. The number of rotatable bonds is 4. The molecule has 1 aromatic heterocycles. The van der Waals surface area contributed by atoms with Gasteiger partial charge in [-0.15, -0.1) is 0 Å². The van der Waals surface area contributed by atoms with Crippen molar-refractivity contribution in [3.05, 3.63) is 27.4 Å². The Kier molecular flexibility index (Phi) is 4.71. The van der Waals surface area contributed by atoms with Gasteiger partial charge in [-0.1, -0.05) is 19.8 Å². The number of nitrogens with one attached hydrogen (secondary N) is 2. The summed E-state index contributed by atoms with van der Waals surface area (Å²) in [6.07, 6.45) is 6.92. The number of aromatic amines is 1. The summed E-state index contributed by atoms with van der Waals surface area (Å²) >= 11 is 0. The van der Waals surface area contributed by atoms with Gasteiger partial charge in [-0.3, -0.25) is 9.79 Å². The smallest absolute Gasteiger partial charge is 0.259 e. The minimum atomic E-state index is -0.0585. The zero-order chi connectivity index (χ0) is 15.5. The fourth-order valence-electron chi connectivity index (χ4n) is 3.61. The summed E-state index contributed by atoms with van der Waals surface area (Å²) in [6, 6.07) is 0. The van der Waals surface area contributed by atoms with Crippen LogP contribution < -0.4 is 10.9 Å². The first-order valence-corrected chi connectivity index (χ1v) is 8.46. The highest BCUT2D eigenvalue weighted by molar-refractivity contribution is 5.80. The molecule has 0 spiro atoms. The molecule has 120 valence electrons. The molecule has 1 aliphatic heterocycles. The van der Waals surface area contributed by atoms with E-state index < -0.39 is 0 Å². The Bertz CT molecular complexity index is 601. The molecular formula is C17H26N4O. The fraction of sp³-hybridized carbons (Fsp3) is 0.706. The van der Waals surface area contributed by atoms with E-state index in [0.717, 1.165) is 31.2 Å². The summed E-state index contributed by atoms with van der Waals surface area (Å²) in [6.45, 7) is 6.81. The summed E-state index contributed by atoms with van der Waals surface area (Å²) in [5.41, 5.74) is 1.34. The number of hydrogen-bond acceptors (Lipinski definition) is 4. The normalized spacial score (nSPS) is 26.3. The van der Waals surface area contributed by atoms with Crippen molar-refractivity contribution in [3.63, 3.8) is 0 Å². The zero-order valence-corrected chi connectivity index (χ0v) is 13.6. The van der Waals surface area contributed by atoms with Crippen LogP contribution in [-0.4, -0.2) is 35.8 Å². The molecule has 0 amide bonds. The standard InChI is InChI=1S/C17H26N4O/c1-11-7-18-9-14(11)16-20-12(2)15(17(22)21-16)10-19-8-13-5-3-4-6-13/h10-11,13-14,18H,3-9H2,1-2H3,(H,20,21,22)/t11-,14-/m1/s1. The van der Waals surface area contributed by atoms with E-state index in [1.807, 2.05) is 6.92 Å². The largest absolute Gasteiger partial charge is 0.316 e. The summed E-state index contributed by atoms with van der Waals surface area (Å²) in [5, 5.41) is 3.35. The monoisotopic (exact) mass is 302 g/mol. The van der Waals surface area contributed by atoms with Crippen molar-refractivity contribution in [1.29, 1.82) is 0 Å². The van der Waals surface area contributed by atoms with Gasteiger partial charge < -0.3 is 10.3 Å². The molecule has 5 heteroatoms. The molecule has 2 atom stereocenters. The SMILES string of the molecule is Cc1nc([C@@H]2CNC[C@H]2C)[nH]c(=O)c1C=NCC1CCCC1. The highest BCUT2D eigenvalue weighted by Gasteiger charge is 2.27. The van der Waals surface area contributed by atoms with Crippen LogP contribution in [0.3, 0.4) is 0 Å². The Hall–Kier alpha value is -1.49. The van der Waals surface area contributed by atoms with E-state index in [2.05, 4.69) is 27.2 Å². The first-order chi connectivity index (χ1) is 10.6. The Morgan fingerprint density at radius 1 is 1.32 bits per heavy atom. The second kappa shape index (κ2) is 6.73. The van der Waals surface area contributed by atoms with Gasteiger partial charge in [-0.2, -0.15) is 0 Å². The van der Waals surface area contributed by atoms with Crippen molar-refractivity contribution in [2.75, 3.05) is 19.6 Å². The van der Waals surface area contributed by atoms with E-state index in [0.29, 0.717) is 23.3 Å². The third-order valence-electron chi connectivity index (χ3n) is 5.09. The second-order valence-electron chi connectivity index (χ2n) is 6.84. The quantitative estimate of drug-likeness (QED) is 0.836. The van der Waals surface area contributed by atoms with E-state index in [4.69, 9.17) is 0 Å². The predicted molar refractivity (Wildman–Crippen MR) is 88.8 cm³/mol. The number of H-pyrrole nitrogens is 1. The van der Waals surface area contributed by atoms with E-state index in [1.54, 1.807) is 6.21 Å². The van der Waals surface area contributed by atoms with Crippen LogP contribution in [0.5, 0.6) is 0 Å². The summed E-state index contributed by atoms with van der Waals surface area (Å²) in [5.74, 6) is 2.32. The van der Waals surface area contributed by atoms with Gasteiger partial charge in [-0.25, -0.2) is 4.98 Å². The highest BCUT2D eigenvalue weighted by atomic mass is 16.1. The lowest BCUT2D eigenvalue weighted by Crippen LogP contribution is -2.23. The van der Waals surface area contributed by atoms with Gasteiger partial charge in [0.05, 0.1) is 11.3 Å². The Balaban J connectivity index is 1.74. The molecule has 0 aromatic carbocycles. The first-order valence-electron chi connectivity index (χ1n) is 8.46. The van der Waals surface area contributed by atoms with Crippen LogP contribution in [0.2, 0.25) is 0 Å². The van der Waals surface area contributed by atoms with Crippen molar-refractivity contribution >= 4 is 6.21 Å². The summed E-state index contributed by atoms with van der Waals surface area (Å²) < 4.78 is 0. The van der Waals surface area contributed by atoms with E-state index in [-0.39, 0.29) is 5.56 Å². The fourth-order valence-corrected chi connectivity index (χ4v) is 3.61. The van der Waals surface area contributed by atoms with Crippen LogP contribution in [-0.2, 0) is 0 Å². The molecule has 5 nitrogen and oxygen atoms in total. The molecule has 1 aliphatic carbocycles. The molecular weight excluding hydrogens is 276 g/mol. The van der Waals surface area contributed by atoms with Crippen LogP contribution >= 0.6 is 0 Å². The number of aryl methyl sites for hydroxylation is 1. The minimum Gasteiger partial charge on any atom is -0.316 e. The summed E-state index contributed by atoms with van der Waals surface area (Å²) in [7, 11) is 0. The Morgan fingerprint density at radius 3 is 2.73 bits per heavy atom. The molecule has 2 heterocycles. The lowest BCUT2D eigenvalue weighted by atomic mass is 9.97. The molecule has 0 unspecified atom stereocenters. The Morgan fingerprint density at radius 2 is 2.09 bits per heavy atom. The third kappa shape index (κ3) is 3.29. The number of aliphatic imine (C=N–C) groups is 1.